The number of rotatable bonds is 20. The molecule has 0 saturated carbocycles. The molecule has 0 rings (SSSR count). The predicted molar refractivity (Wildman–Crippen MR) is 213 cm³/mol. The number of hydrogen-bond acceptors (Lipinski definition) is 18. The zero-order valence-corrected chi connectivity index (χ0v) is 45.7. The quantitative estimate of drug-likeness (QED) is 0.0258. The summed E-state index contributed by atoms with van der Waals surface area (Å²) in [4.78, 5) is 0.301. The van der Waals surface area contributed by atoms with Gasteiger partial charge >= 0.3 is 88.7 Å². The van der Waals surface area contributed by atoms with Gasteiger partial charge in [-0.05, 0) is 85.6 Å². The van der Waals surface area contributed by atoms with Gasteiger partial charge in [-0.1, -0.05) is 37.2 Å². The van der Waals surface area contributed by atoms with E-state index in [2.05, 4.69) is 26.4 Å². The summed E-state index contributed by atoms with van der Waals surface area (Å²) in [6.07, 6.45) is 12.5. The van der Waals surface area contributed by atoms with Crippen molar-refractivity contribution in [3.8, 4) is 0 Å². The van der Waals surface area contributed by atoms with Gasteiger partial charge in [-0.2, -0.15) is 74.9 Å². The Kier molecular flexibility index (Phi) is 82.6. The minimum absolute atomic E-state index is 0. The number of nitrogens with two attached hydrogens (primary N) is 1. The van der Waals surface area contributed by atoms with Crippen LogP contribution < -0.4 is 94.4 Å². The topological polar surface area (TPSA) is 258 Å². The van der Waals surface area contributed by atoms with Gasteiger partial charge in [-0.25, -0.2) is 8.42 Å². The van der Waals surface area contributed by atoms with E-state index < -0.39 is 47.4 Å². The van der Waals surface area contributed by atoms with Crippen molar-refractivity contribution in [2.24, 2.45) is 17.6 Å². The van der Waals surface area contributed by atoms with Crippen LogP contribution in [0.15, 0.2) is 0 Å². The summed E-state index contributed by atoms with van der Waals surface area (Å²) in [5.74, 6) is 3.64. The standard InChI is InChI=1S/C7H16O3S2.C6H14O3S2.C5H11BrOS.C5H13NO3S2.CH4.ClH.3Na.O3S/c1-7(4-5-11-2)6-10-12(3,8)9;1-6(3-4-10-2)5-11(7,8)9;1-8-3-2-5(6)4-7;1-10-3-2-5(6)4-11(7,8)9;;;;;;1-4(2)3/h7H,4-6H2,1-3H3;6H,3-5H2,1-2H3,(H,7,8,9);5,7H,2-4H2,1H3;5H,2-4,6H2,1H3,(H,7,8,9);1H4;1H;;;;/q;;;;;;3*+1;-2/p-1/t7-;6-;2*5-;;;;;;/m0000....../s1. The maximum absolute atomic E-state index is 10.6. The van der Waals surface area contributed by atoms with Crippen molar-refractivity contribution in [2.75, 3.05) is 79.0 Å². The maximum Gasteiger partial charge on any atom is 1.00 e. The molecule has 0 heterocycles. The van der Waals surface area contributed by atoms with E-state index in [4.69, 9.17) is 28.4 Å². The third-order valence-corrected chi connectivity index (χ3v) is 10.3. The van der Waals surface area contributed by atoms with Crippen LogP contribution in [-0.4, -0.2) is 134 Å². The fraction of sp³-hybridized carbons (Fsp3) is 1.00. The average Bonchev–Trinajstić information content (AvgIpc) is 2.89. The Morgan fingerprint density at radius 3 is 1.41 bits per heavy atom. The van der Waals surface area contributed by atoms with E-state index >= 15 is 0 Å². The second kappa shape index (κ2) is 52.7. The van der Waals surface area contributed by atoms with Crippen molar-refractivity contribution in [1.82, 2.24) is 0 Å². The molecule has 27 heteroatoms. The molecule has 0 spiro atoms. The van der Waals surface area contributed by atoms with Gasteiger partial charge in [0, 0.05) is 16.6 Å². The molecule has 0 unspecified atom stereocenters. The first kappa shape index (κ1) is 79.8. The molecule has 0 amide bonds. The van der Waals surface area contributed by atoms with E-state index in [1.165, 1.54) is 0 Å². The van der Waals surface area contributed by atoms with E-state index in [-0.39, 0.29) is 133 Å². The molecule has 0 fully saturated rings. The zero-order valence-electron chi connectivity index (χ0n) is 30.8. The van der Waals surface area contributed by atoms with Gasteiger partial charge in [0.1, 0.15) is 0 Å². The van der Waals surface area contributed by atoms with Crippen molar-refractivity contribution < 1.29 is 145 Å². The van der Waals surface area contributed by atoms with Gasteiger partial charge in [0.15, 0.2) is 0 Å². The van der Waals surface area contributed by atoms with Crippen molar-refractivity contribution in [3.05, 3.63) is 0 Å². The molecule has 0 aliphatic rings. The van der Waals surface area contributed by atoms with Gasteiger partial charge < -0.3 is 28.4 Å². The Labute approximate surface area is 410 Å². The summed E-state index contributed by atoms with van der Waals surface area (Å²) < 4.78 is 111. The molecule has 0 aliphatic carbocycles. The number of aliphatic hydroxyl groups is 1. The zero-order chi connectivity index (χ0) is 37.4. The summed E-state index contributed by atoms with van der Waals surface area (Å²) in [7, 11) is -14.3. The average molecular weight is 1010 g/mol. The van der Waals surface area contributed by atoms with E-state index in [0.29, 0.717) is 23.8 Å². The summed E-state index contributed by atoms with van der Waals surface area (Å²) in [6, 6.07) is -0.447. The molecule has 0 aromatic heterocycles. The molecule has 4 atom stereocenters. The largest absolute Gasteiger partial charge is 1.00 e. The molecule has 0 aromatic rings. The van der Waals surface area contributed by atoms with Crippen molar-refractivity contribution >= 4 is 117 Å². The molecule has 302 valence electrons. The maximum atomic E-state index is 10.6. The van der Waals surface area contributed by atoms with Crippen LogP contribution in [0, 0.1) is 11.8 Å². The van der Waals surface area contributed by atoms with E-state index in [1.807, 2.05) is 25.7 Å². The molecule has 0 aliphatic heterocycles. The van der Waals surface area contributed by atoms with Gasteiger partial charge in [0.2, 0.25) is 0 Å². The molecule has 0 aromatic carbocycles. The first-order chi connectivity index (χ1) is 20.9. The fourth-order valence-electron chi connectivity index (χ4n) is 2.35. The summed E-state index contributed by atoms with van der Waals surface area (Å²) in [6.45, 7) is 4.33. The van der Waals surface area contributed by atoms with Gasteiger partial charge in [0.05, 0.1) is 35.3 Å². The molecule has 14 nitrogen and oxygen atoms in total. The van der Waals surface area contributed by atoms with Crippen LogP contribution >= 0.6 is 75.4 Å². The summed E-state index contributed by atoms with van der Waals surface area (Å²) >= 11 is 10.1. The van der Waals surface area contributed by atoms with Crippen molar-refractivity contribution in [2.45, 2.75) is 57.8 Å². The molecule has 4 N–H and O–H groups in total. The molecule has 0 bridgehead atoms. The normalized spacial score (nSPS) is 12.7. The van der Waals surface area contributed by atoms with Crippen LogP contribution in [0.25, 0.3) is 0 Å². The first-order valence-corrected chi connectivity index (χ1v) is 25.9. The third kappa shape index (κ3) is 101. The van der Waals surface area contributed by atoms with Crippen molar-refractivity contribution in [1.29, 1.82) is 0 Å². The van der Waals surface area contributed by atoms with Crippen LogP contribution in [0.3, 0.4) is 0 Å². The number of aliphatic hydroxyl groups excluding tert-OH is 1. The fourth-order valence-corrected chi connectivity index (χ4v) is 7.27. The Bertz CT molecular complexity index is 1040. The van der Waals surface area contributed by atoms with E-state index in [9.17, 15) is 29.8 Å². The van der Waals surface area contributed by atoms with Crippen LogP contribution in [0.2, 0.25) is 0 Å². The Balaban J connectivity index is -0.0000000517. The van der Waals surface area contributed by atoms with Crippen LogP contribution in [-0.2, 0) is 53.9 Å². The molecule has 0 radical (unpaired) electrons. The van der Waals surface area contributed by atoms with Crippen LogP contribution in [0.1, 0.15) is 47.0 Å². The second-order valence-electron chi connectivity index (χ2n) is 9.54. The minimum atomic E-state index is -4.01. The Hall–Kier alpha value is 4.73. The van der Waals surface area contributed by atoms with Crippen LogP contribution in [0.4, 0.5) is 0 Å². The monoisotopic (exact) mass is 1010 g/mol. The van der Waals surface area contributed by atoms with Gasteiger partial charge in [0.25, 0.3) is 20.2 Å². The SMILES string of the molecule is C.CSCC[C@H](Br)CO.CSCC[C@H](C)COS(C)(=O)=O.CSCC[C@H](C)CS(=O)(=O)[O-].CSCC[C@H](N)CS(=O)(=O)O.Cl.O=[S-](=O)[O-].[Na+].[Na+].[Na+]. The third-order valence-electron chi connectivity index (χ3n) is 4.64. The number of thioether (sulfide) groups is 4. The summed E-state index contributed by atoms with van der Waals surface area (Å²) in [5.41, 5.74) is 5.39. The number of halogens is 2. The van der Waals surface area contributed by atoms with E-state index in [1.54, 1.807) is 54.0 Å². The predicted octanol–water partition coefficient (Wildman–Crippen LogP) is -4.78. The summed E-state index contributed by atoms with van der Waals surface area (Å²) in [5, 5.41) is 8.51. The Morgan fingerprint density at radius 1 is 0.784 bits per heavy atom. The molecular weight excluding hydrogens is 951 g/mol. The van der Waals surface area contributed by atoms with E-state index in [0.717, 1.165) is 48.5 Å². The smallest absolute Gasteiger partial charge is 0.917 e. The molecular formula is C24H58BrClNNa3O13S8. The van der Waals surface area contributed by atoms with Gasteiger partial charge in [-0.3, -0.25) is 8.74 Å². The van der Waals surface area contributed by atoms with Crippen LogP contribution in [0.5, 0.6) is 0 Å². The second-order valence-corrected chi connectivity index (χ2v) is 19.8. The van der Waals surface area contributed by atoms with Crippen molar-refractivity contribution in [3.63, 3.8) is 0 Å². The Morgan fingerprint density at radius 2 is 1.12 bits per heavy atom. The molecule has 51 heavy (non-hydrogen) atoms. The van der Waals surface area contributed by atoms with Gasteiger partial charge in [-0.15, -0.1) is 12.4 Å². The number of alkyl halides is 1. The molecule has 0 saturated heterocycles. The first-order valence-electron chi connectivity index (χ1n) is 13.4. The minimum Gasteiger partial charge on any atom is -0.917 e. The number of hydrogen-bond donors (Lipinski definition) is 3.